The highest BCUT2D eigenvalue weighted by molar-refractivity contribution is 5.41. The molecule has 1 heterocycles. The van der Waals surface area contributed by atoms with Gasteiger partial charge in [0.25, 0.3) is 0 Å². The summed E-state index contributed by atoms with van der Waals surface area (Å²) in [5.41, 5.74) is 0.706. The molecule has 1 rings (SSSR count). The summed E-state index contributed by atoms with van der Waals surface area (Å²) in [5.74, 6) is 0.563. The molecule has 1 aromatic rings. The lowest BCUT2D eigenvalue weighted by Gasteiger charge is -2.17. The van der Waals surface area contributed by atoms with Crippen molar-refractivity contribution in [2.45, 2.75) is 13.0 Å². The lowest BCUT2D eigenvalue weighted by atomic mass is 10.2. The molecule has 16 heavy (non-hydrogen) atoms. The van der Waals surface area contributed by atoms with Gasteiger partial charge in [0.2, 0.25) is 0 Å². The largest absolute Gasteiger partial charge is 0.389 e. The molecule has 0 aromatic carbocycles. The third-order valence-electron chi connectivity index (χ3n) is 2.10. The van der Waals surface area contributed by atoms with E-state index in [1.807, 2.05) is 12.1 Å². The van der Waals surface area contributed by atoms with Crippen molar-refractivity contribution in [3.63, 3.8) is 0 Å². The minimum absolute atomic E-state index is 0.120. The Morgan fingerprint density at radius 3 is 2.38 bits per heavy atom. The van der Waals surface area contributed by atoms with E-state index >= 15 is 0 Å². The van der Waals surface area contributed by atoms with Crippen molar-refractivity contribution in [1.82, 2.24) is 4.98 Å². The van der Waals surface area contributed by atoms with Gasteiger partial charge in [-0.05, 0) is 18.6 Å². The third-order valence-corrected chi connectivity index (χ3v) is 2.10. The van der Waals surface area contributed by atoms with Crippen LogP contribution < -0.4 is 4.90 Å². The number of hydrogen-bond donors (Lipinski definition) is 1. The number of aliphatic hydroxyl groups excluding tert-OH is 1. The fourth-order valence-electron chi connectivity index (χ4n) is 1.22. The average molecular weight is 216 g/mol. The smallest absolute Gasteiger partial charge is 0.130 e. The number of hydrogen-bond acceptors (Lipinski definition) is 5. The Balaban J connectivity index is 2.86. The Labute approximate surface area is 94.2 Å². The van der Waals surface area contributed by atoms with Gasteiger partial charge in [0.1, 0.15) is 18.9 Å². The number of anilines is 1. The molecule has 0 saturated heterocycles. The van der Waals surface area contributed by atoms with Crippen LogP contribution in [0.4, 0.5) is 5.82 Å². The van der Waals surface area contributed by atoms with Crippen LogP contribution >= 0.6 is 0 Å². The van der Waals surface area contributed by atoms with Crippen molar-refractivity contribution in [2.24, 2.45) is 0 Å². The molecule has 0 spiro atoms. The SMILES string of the molecule is CC(O)c1ccc(N(CC#N)CC#N)nc1. The molecule has 82 valence electrons. The van der Waals surface area contributed by atoms with Crippen LogP contribution in [0.5, 0.6) is 0 Å². The van der Waals surface area contributed by atoms with Crippen LogP contribution in [-0.4, -0.2) is 23.2 Å². The van der Waals surface area contributed by atoms with Crippen molar-refractivity contribution in [1.29, 1.82) is 10.5 Å². The first-order chi connectivity index (χ1) is 7.69. The van der Waals surface area contributed by atoms with Gasteiger partial charge in [-0.1, -0.05) is 6.07 Å². The van der Waals surface area contributed by atoms with Gasteiger partial charge in [0, 0.05) is 6.20 Å². The molecule has 0 fully saturated rings. The zero-order valence-electron chi connectivity index (χ0n) is 8.96. The van der Waals surface area contributed by atoms with E-state index in [0.717, 1.165) is 0 Å². The normalized spacial score (nSPS) is 11.2. The fraction of sp³-hybridized carbons (Fsp3) is 0.364. The maximum atomic E-state index is 9.30. The second-order valence-corrected chi connectivity index (χ2v) is 3.30. The van der Waals surface area contributed by atoms with Gasteiger partial charge in [-0.3, -0.25) is 0 Å². The molecule has 0 amide bonds. The third kappa shape index (κ3) is 2.94. The lowest BCUT2D eigenvalue weighted by molar-refractivity contribution is 0.199. The van der Waals surface area contributed by atoms with Crippen LogP contribution in [0.15, 0.2) is 18.3 Å². The highest BCUT2D eigenvalue weighted by Gasteiger charge is 2.07. The molecular weight excluding hydrogens is 204 g/mol. The molecule has 1 atom stereocenters. The topological polar surface area (TPSA) is 83.9 Å². The van der Waals surface area contributed by atoms with Crippen LogP contribution in [-0.2, 0) is 0 Å². The van der Waals surface area contributed by atoms with Crippen LogP contribution in [0.2, 0.25) is 0 Å². The van der Waals surface area contributed by atoms with E-state index in [1.165, 1.54) is 0 Å². The summed E-state index contributed by atoms with van der Waals surface area (Å²) in [4.78, 5) is 5.66. The quantitative estimate of drug-likeness (QED) is 0.758. The molecule has 5 heteroatoms. The molecule has 0 aliphatic carbocycles. The second-order valence-electron chi connectivity index (χ2n) is 3.30. The molecule has 1 aromatic heterocycles. The molecule has 0 aliphatic heterocycles. The summed E-state index contributed by atoms with van der Waals surface area (Å²) in [6, 6.07) is 7.37. The predicted molar refractivity (Wildman–Crippen MR) is 58.3 cm³/mol. The molecule has 5 nitrogen and oxygen atoms in total. The van der Waals surface area contributed by atoms with Crippen LogP contribution in [0, 0.1) is 22.7 Å². The summed E-state index contributed by atoms with van der Waals surface area (Å²) in [6.45, 7) is 1.89. The highest BCUT2D eigenvalue weighted by Crippen LogP contribution is 2.15. The zero-order valence-corrected chi connectivity index (χ0v) is 8.96. The van der Waals surface area contributed by atoms with Gasteiger partial charge in [0.15, 0.2) is 0 Å². The summed E-state index contributed by atoms with van der Waals surface area (Å²) >= 11 is 0. The van der Waals surface area contributed by atoms with Gasteiger partial charge in [-0.25, -0.2) is 4.98 Å². The Hall–Kier alpha value is -2.11. The number of aliphatic hydroxyl groups is 1. The number of aromatic nitrogens is 1. The van der Waals surface area contributed by atoms with Crippen LogP contribution in [0.25, 0.3) is 0 Å². The Kier molecular flexibility index (Phi) is 4.26. The van der Waals surface area contributed by atoms with E-state index in [4.69, 9.17) is 10.5 Å². The van der Waals surface area contributed by atoms with Crippen molar-refractivity contribution in [3.05, 3.63) is 23.9 Å². The molecule has 0 radical (unpaired) electrons. The first-order valence-electron chi connectivity index (χ1n) is 4.82. The number of nitrogens with zero attached hydrogens (tertiary/aromatic N) is 4. The van der Waals surface area contributed by atoms with Gasteiger partial charge in [0.05, 0.1) is 18.2 Å². The first kappa shape index (κ1) is 12.0. The minimum atomic E-state index is -0.568. The number of nitriles is 2. The van der Waals surface area contributed by atoms with Gasteiger partial charge in [-0.15, -0.1) is 0 Å². The Morgan fingerprint density at radius 1 is 1.38 bits per heavy atom. The Morgan fingerprint density at radius 2 is 2.00 bits per heavy atom. The molecule has 0 bridgehead atoms. The molecule has 0 aliphatic rings. The highest BCUT2D eigenvalue weighted by atomic mass is 16.3. The molecule has 1 unspecified atom stereocenters. The molecule has 0 saturated carbocycles. The number of pyridine rings is 1. The van der Waals surface area contributed by atoms with Gasteiger partial charge >= 0.3 is 0 Å². The van der Waals surface area contributed by atoms with E-state index in [9.17, 15) is 5.11 Å². The summed E-state index contributed by atoms with van der Waals surface area (Å²) in [5, 5.41) is 26.5. The summed E-state index contributed by atoms with van der Waals surface area (Å²) < 4.78 is 0. The monoisotopic (exact) mass is 216 g/mol. The molecular formula is C11H12N4O. The van der Waals surface area contributed by atoms with Crippen molar-refractivity contribution in [3.8, 4) is 12.1 Å². The standard InChI is InChI=1S/C11H12N4O/c1-9(16)10-2-3-11(14-8-10)15(6-4-12)7-5-13/h2-3,8-9,16H,6-7H2,1H3. The lowest BCUT2D eigenvalue weighted by Crippen LogP contribution is -2.24. The summed E-state index contributed by atoms with van der Waals surface area (Å²) in [7, 11) is 0. The predicted octanol–water partition coefficient (Wildman–Crippen LogP) is 0.988. The van der Waals surface area contributed by atoms with Crippen molar-refractivity contribution < 1.29 is 5.11 Å². The Bertz CT molecular complexity index is 397. The van der Waals surface area contributed by atoms with Crippen LogP contribution in [0.1, 0.15) is 18.6 Å². The van der Waals surface area contributed by atoms with Gasteiger partial charge < -0.3 is 10.0 Å². The zero-order chi connectivity index (χ0) is 12.0. The minimum Gasteiger partial charge on any atom is -0.389 e. The maximum absolute atomic E-state index is 9.30. The summed E-state index contributed by atoms with van der Waals surface area (Å²) in [6.07, 6.45) is 0.976. The van der Waals surface area contributed by atoms with E-state index in [-0.39, 0.29) is 13.1 Å². The van der Waals surface area contributed by atoms with Gasteiger partial charge in [-0.2, -0.15) is 10.5 Å². The van der Waals surface area contributed by atoms with E-state index in [1.54, 1.807) is 30.2 Å². The van der Waals surface area contributed by atoms with E-state index < -0.39 is 6.10 Å². The maximum Gasteiger partial charge on any atom is 0.130 e. The van der Waals surface area contributed by atoms with Crippen molar-refractivity contribution >= 4 is 5.82 Å². The fourth-order valence-corrected chi connectivity index (χ4v) is 1.22. The van der Waals surface area contributed by atoms with E-state index in [0.29, 0.717) is 11.4 Å². The number of rotatable bonds is 4. The first-order valence-corrected chi connectivity index (χ1v) is 4.82. The van der Waals surface area contributed by atoms with Crippen LogP contribution in [0.3, 0.4) is 0 Å². The van der Waals surface area contributed by atoms with Crippen molar-refractivity contribution in [2.75, 3.05) is 18.0 Å². The second kappa shape index (κ2) is 5.69. The average Bonchev–Trinajstić information content (AvgIpc) is 2.29. The molecule has 1 N–H and O–H groups in total. The van der Waals surface area contributed by atoms with E-state index in [2.05, 4.69) is 4.98 Å².